The smallest absolute Gasteiger partial charge is 0.115 e. The number of hydrogen-bond acceptors (Lipinski definition) is 3. The predicted molar refractivity (Wildman–Crippen MR) is 79.2 cm³/mol. The lowest BCUT2D eigenvalue weighted by molar-refractivity contribution is 0.0693. The Kier molecular flexibility index (Phi) is 4.83. The van der Waals surface area contributed by atoms with Gasteiger partial charge in [-0.3, -0.25) is 4.90 Å². The summed E-state index contributed by atoms with van der Waals surface area (Å²) in [6.45, 7) is 6.51. The maximum Gasteiger partial charge on any atom is 0.115 e. The van der Waals surface area contributed by atoms with E-state index < -0.39 is 0 Å². The van der Waals surface area contributed by atoms with Gasteiger partial charge >= 0.3 is 0 Å². The number of phenols is 1. The molecule has 0 amide bonds. The SMILES string of the molecule is CC1CCCN(C(C)Cc2ccc(O)cc2)C1CN. The van der Waals surface area contributed by atoms with Crippen molar-refractivity contribution in [3.05, 3.63) is 29.8 Å². The van der Waals surface area contributed by atoms with E-state index in [1.165, 1.54) is 18.4 Å². The van der Waals surface area contributed by atoms with E-state index in [0.29, 0.717) is 23.8 Å². The lowest BCUT2D eigenvalue weighted by Crippen LogP contribution is -2.52. The molecule has 1 aromatic rings. The number of aromatic hydroxyl groups is 1. The zero-order valence-electron chi connectivity index (χ0n) is 12.0. The molecule has 0 spiro atoms. The normalized spacial score (nSPS) is 26.3. The Morgan fingerprint density at radius 3 is 2.68 bits per heavy atom. The van der Waals surface area contributed by atoms with E-state index in [-0.39, 0.29) is 0 Å². The largest absolute Gasteiger partial charge is 0.508 e. The summed E-state index contributed by atoms with van der Waals surface area (Å²) in [6.07, 6.45) is 3.59. The maximum absolute atomic E-state index is 9.33. The number of rotatable bonds is 4. The molecule has 3 atom stereocenters. The average Bonchev–Trinajstić information content (AvgIpc) is 2.41. The molecule has 106 valence electrons. The molecule has 3 heteroatoms. The second-order valence-corrected chi connectivity index (χ2v) is 5.88. The quantitative estimate of drug-likeness (QED) is 0.876. The minimum atomic E-state index is 0.336. The van der Waals surface area contributed by atoms with Crippen LogP contribution in [0.1, 0.15) is 32.3 Å². The Balaban J connectivity index is 2.01. The van der Waals surface area contributed by atoms with Crippen LogP contribution in [-0.4, -0.2) is 35.2 Å². The third-order valence-corrected chi connectivity index (χ3v) is 4.43. The van der Waals surface area contributed by atoms with Gasteiger partial charge < -0.3 is 10.8 Å². The van der Waals surface area contributed by atoms with Gasteiger partial charge in [0.05, 0.1) is 0 Å². The molecule has 3 unspecified atom stereocenters. The van der Waals surface area contributed by atoms with Crippen molar-refractivity contribution in [2.75, 3.05) is 13.1 Å². The van der Waals surface area contributed by atoms with Crippen LogP contribution in [0.2, 0.25) is 0 Å². The van der Waals surface area contributed by atoms with Gasteiger partial charge in [-0.05, 0) is 56.3 Å². The van der Waals surface area contributed by atoms with Crippen LogP contribution < -0.4 is 5.73 Å². The van der Waals surface area contributed by atoms with Crippen LogP contribution in [0, 0.1) is 5.92 Å². The second-order valence-electron chi connectivity index (χ2n) is 5.88. The van der Waals surface area contributed by atoms with Crippen LogP contribution in [0.3, 0.4) is 0 Å². The Morgan fingerprint density at radius 2 is 2.05 bits per heavy atom. The first-order valence-electron chi connectivity index (χ1n) is 7.35. The van der Waals surface area contributed by atoms with Crippen molar-refractivity contribution in [2.45, 2.75) is 45.2 Å². The highest BCUT2D eigenvalue weighted by Gasteiger charge is 2.30. The summed E-state index contributed by atoms with van der Waals surface area (Å²) in [5.74, 6) is 1.03. The van der Waals surface area contributed by atoms with Crippen LogP contribution in [0.25, 0.3) is 0 Å². The van der Waals surface area contributed by atoms with Crippen LogP contribution in [0.5, 0.6) is 5.75 Å². The van der Waals surface area contributed by atoms with Crippen molar-refractivity contribution >= 4 is 0 Å². The van der Waals surface area contributed by atoms with E-state index in [2.05, 4.69) is 18.7 Å². The summed E-state index contributed by atoms with van der Waals surface area (Å²) in [5, 5.41) is 9.33. The molecular weight excluding hydrogens is 236 g/mol. The minimum absolute atomic E-state index is 0.336. The third-order valence-electron chi connectivity index (χ3n) is 4.43. The molecule has 2 rings (SSSR count). The van der Waals surface area contributed by atoms with E-state index in [0.717, 1.165) is 19.5 Å². The number of nitrogens with two attached hydrogens (primary N) is 1. The van der Waals surface area contributed by atoms with Gasteiger partial charge in [-0.25, -0.2) is 0 Å². The molecule has 0 bridgehead atoms. The van der Waals surface area contributed by atoms with Gasteiger partial charge in [0.15, 0.2) is 0 Å². The molecule has 3 N–H and O–H groups in total. The fraction of sp³-hybridized carbons (Fsp3) is 0.625. The van der Waals surface area contributed by atoms with E-state index in [1.54, 1.807) is 12.1 Å². The highest BCUT2D eigenvalue weighted by molar-refractivity contribution is 5.26. The number of benzene rings is 1. The van der Waals surface area contributed by atoms with Crippen molar-refractivity contribution in [2.24, 2.45) is 11.7 Å². The molecule has 1 aliphatic heterocycles. The van der Waals surface area contributed by atoms with Crippen LogP contribution in [-0.2, 0) is 6.42 Å². The number of hydrogen-bond donors (Lipinski definition) is 2. The van der Waals surface area contributed by atoms with Gasteiger partial charge in [0.1, 0.15) is 5.75 Å². The molecule has 1 heterocycles. The lowest BCUT2D eigenvalue weighted by Gasteiger charge is -2.43. The van der Waals surface area contributed by atoms with E-state index in [1.807, 2.05) is 12.1 Å². The van der Waals surface area contributed by atoms with E-state index in [4.69, 9.17) is 5.73 Å². The highest BCUT2D eigenvalue weighted by Crippen LogP contribution is 2.25. The van der Waals surface area contributed by atoms with Crippen molar-refractivity contribution in [1.82, 2.24) is 4.90 Å². The third kappa shape index (κ3) is 3.48. The van der Waals surface area contributed by atoms with Crippen molar-refractivity contribution in [3.63, 3.8) is 0 Å². The average molecular weight is 262 g/mol. The molecule has 1 aliphatic rings. The molecule has 0 aliphatic carbocycles. The molecule has 1 fully saturated rings. The molecule has 0 radical (unpaired) electrons. The zero-order chi connectivity index (χ0) is 13.8. The van der Waals surface area contributed by atoms with Gasteiger partial charge in [-0.1, -0.05) is 19.1 Å². The van der Waals surface area contributed by atoms with Gasteiger partial charge in [0.25, 0.3) is 0 Å². The summed E-state index contributed by atoms with van der Waals surface area (Å²) < 4.78 is 0. The highest BCUT2D eigenvalue weighted by atomic mass is 16.3. The topological polar surface area (TPSA) is 49.5 Å². The first-order valence-corrected chi connectivity index (χ1v) is 7.35. The first-order chi connectivity index (χ1) is 9.11. The summed E-state index contributed by atoms with van der Waals surface area (Å²) in [4.78, 5) is 2.57. The van der Waals surface area contributed by atoms with Gasteiger partial charge in [0, 0.05) is 18.6 Å². The number of nitrogens with zero attached hydrogens (tertiary/aromatic N) is 1. The summed E-state index contributed by atoms with van der Waals surface area (Å²) in [6, 6.07) is 8.57. The van der Waals surface area contributed by atoms with Gasteiger partial charge in [-0.15, -0.1) is 0 Å². The molecular formula is C16H26N2O. The predicted octanol–water partition coefficient (Wildman–Crippen LogP) is 2.38. The minimum Gasteiger partial charge on any atom is -0.508 e. The number of phenolic OH excluding ortho intramolecular Hbond substituents is 1. The Labute approximate surface area is 116 Å². The summed E-state index contributed by atoms with van der Waals surface area (Å²) in [5.41, 5.74) is 7.24. The second kappa shape index (κ2) is 6.40. The van der Waals surface area contributed by atoms with Crippen molar-refractivity contribution < 1.29 is 5.11 Å². The van der Waals surface area contributed by atoms with E-state index in [9.17, 15) is 5.11 Å². The Bertz CT molecular complexity index is 390. The number of likely N-dealkylation sites (tertiary alicyclic amines) is 1. The molecule has 19 heavy (non-hydrogen) atoms. The van der Waals surface area contributed by atoms with E-state index >= 15 is 0 Å². The van der Waals surface area contributed by atoms with Crippen LogP contribution in [0.15, 0.2) is 24.3 Å². The van der Waals surface area contributed by atoms with Crippen LogP contribution in [0.4, 0.5) is 0 Å². The fourth-order valence-corrected chi connectivity index (χ4v) is 3.29. The van der Waals surface area contributed by atoms with Crippen molar-refractivity contribution in [1.29, 1.82) is 0 Å². The Hall–Kier alpha value is -1.06. The summed E-state index contributed by atoms with van der Waals surface area (Å²) in [7, 11) is 0. The van der Waals surface area contributed by atoms with Gasteiger partial charge in [0.2, 0.25) is 0 Å². The monoisotopic (exact) mass is 262 g/mol. The van der Waals surface area contributed by atoms with Gasteiger partial charge in [-0.2, -0.15) is 0 Å². The number of piperidine rings is 1. The molecule has 0 aromatic heterocycles. The Morgan fingerprint density at radius 1 is 1.37 bits per heavy atom. The zero-order valence-corrected chi connectivity index (χ0v) is 12.0. The molecule has 3 nitrogen and oxygen atoms in total. The van der Waals surface area contributed by atoms with Crippen LogP contribution >= 0.6 is 0 Å². The first kappa shape index (κ1) is 14.4. The summed E-state index contributed by atoms with van der Waals surface area (Å²) >= 11 is 0. The molecule has 1 aromatic carbocycles. The standard InChI is InChI=1S/C16H26N2O/c1-12-4-3-9-18(16(12)11-17)13(2)10-14-5-7-15(19)8-6-14/h5-8,12-13,16,19H,3-4,9-11,17H2,1-2H3. The molecule has 0 saturated carbocycles. The lowest BCUT2D eigenvalue weighted by atomic mass is 9.89. The maximum atomic E-state index is 9.33. The molecule has 1 saturated heterocycles. The van der Waals surface area contributed by atoms with Crippen molar-refractivity contribution in [3.8, 4) is 5.75 Å². The fourth-order valence-electron chi connectivity index (χ4n) is 3.29.